The zero-order chi connectivity index (χ0) is 18.4. The highest BCUT2D eigenvalue weighted by Crippen LogP contribution is 2.21. The van der Waals surface area contributed by atoms with Crippen LogP contribution in [0, 0.1) is 0 Å². The predicted molar refractivity (Wildman–Crippen MR) is 104 cm³/mol. The number of fused-ring (bicyclic) bond motifs is 1. The molecule has 1 aromatic carbocycles. The molecule has 0 saturated heterocycles. The van der Waals surface area contributed by atoms with Crippen molar-refractivity contribution >= 4 is 16.9 Å². The van der Waals surface area contributed by atoms with Crippen LogP contribution in [-0.4, -0.2) is 35.7 Å². The number of aromatic amines is 1. The first-order valence-corrected chi connectivity index (χ1v) is 8.93. The number of rotatable bonds is 7. The van der Waals surface area contributed by atoms with Crippen molar-refractivity contribution in [1.82, 2.24) is 15.6 Å². The molecule has 0 aliphatic carbocycles. The number of para-hydroxylation sites is 1. The molecule has 0 fully saturated rings. The van der Waals surface area contributed by atoms with Crippen molar-refractivity contribution in [2.75, 3.05) is 19.6 Å². The summed E-state index contributed by atoms with van der Waals surface area (Å²) in [6.45, 7) is 5.42. The van der Waals surface area contributed by atoms with Gasteiger partial charge in [-0.3, -0.25) is 0 Å². The van der Waals surface area contributed by atoms with Gasteiger partial charge in [-0.2, -0.15) is 0 Å². The van der Waals surface area contributed by atoms with Crippen LogP contribution < -0.4 is 10.6 Å². The van der Waals surface area contributed by atoms with Crippen LogP contribution in [0.5, 0.6) is 0 Å². The van der Waals surface area contributed by atoms with E-state index in [1.54, 1.807) is 25.3 Å². The lowest BCUT2D eigenvalue weighted by Gasteiger charge is -2.19. The summed E-state index contributed by atoms with van der Waals surface area (Å²) < 4.78 is 5.30. The Morgan fingerprint density at radius 1 is 1.23 bits per heavy atom. The van der Waals surface area contributed by atoms with Crippen molar-refractivity contribution in [3.63, 3.8) is 0 Å². The van der Waals surface area contributed by atoms with E-state index in [9.17, 15) is 5.11 Å². The summed E-state index contributed by atoms with van der Waals surface area (Å²) in [6, 6.07) is 11.8. The van der Waals surface area contributed by atoms with Gasteiger partial charge in [0.2, 0.25) is 0 Å². The Labute approximate surface area is 153 Å². The SMILES string of the molecule is CCNC(=NCC(C)(O)c1ccco1)NCCc1c[nH]c2ccccc12. The lowest BCUT2D eigenvalue weighted by atomic mass is 10.0. The van der Waals surface area contributed by atoms with Gasteiger partial charge in [0.1, 0.15) is 11.4 Å². The second kappa shape index (κ2) is 8.10. The molecule has 0 bridgehead atoms. The van der Waals surface area contributed by atoms with Crippen molar-refractivity contribution in [1.29, 1.82) is 0 Å². The number of H-pyrrole nitrogens is 1. The maximum Gasteiger partial charge on any atom is 0.191 e. The van der Waals surface area contributed by atoms with E-state index in [1.807, 2.05) is 13.0 Å². The molecule has 3 aromatic rings. The van der Waals surface area contributed by atoms with E-state index in [4.69, 9.17) is 4.42 Å². The zero-order valence-corrected chi connectivity index (χ0v) is 15.2. The van der Waals surface area contributed by atoms with E-state index in [-0.39, 0.29) is 6.54 Å². The second-order valence-electron chi connectivity index (χ2n) is 6.48. The normalized spacial score (nSPS) is 14.3. The summed E-state index contributed by atoms with van der Waals surface area (Å²) >= 11 is 0. The molecule has 6 heteroatoms. The Kier molecular flexibility index (Phi) is 5.63. The van der Waals surface area contributed by atoms with Crippen LogP contribution in [-0.2, 0) is 12.0 Å². The van der Waals surface area contributed by atoms with E-state index in [0.717, 1.165) is 25.0 Å². The predicted octanol–water partition coefficient (Wildman–Crippen LogP) is 2.77. The third kappa shape index (κ3) is 4.26. The van der Waals surface area contributed by atoms with Gasteiger partial charge < -0.3 is 25.1 Å². The maximum atomic E-state index is 10.5. The number of aromatic nitrogens is 1. The van der Waals surface area contributed by atoms with E-state index in [0.29, 0.717) is 11.7 Å². The molecular formula is C20H26N4O2. The van der Waals surface area contributed by atoms with Crippen LogP contribution in [0.4, 0.5) is 0 Å². The first-order valence-electron chi connectivity index (χ1n) is 8.93. The minimum absolute atomic E-state index is 0.211. The number of hydrogen-bond donors (Lipinski definition) is 4. The monoisotopic (exact) mass is 354 g/mol. The number of nitrogens with one attached hydrogen (secondary N) is 3. The first-order chi connectivity index (χ1) is 12.6. The molecule has 0 saturated carbocycles. The van der Waals surface area contributed by atoms with Gasteiger partial charge in [0.05, 0.1) is 12.8 Å². The number of nitrogens with zero attached hydrogens (tertiary/aromatic N) is 1. The van der Waals surface area contributed by atoms with E-state index in [2.05, 4.69) is 45.0 Å². The highest BCUT2D eigenvalue weighted by molar-refractivity contribution is 5.83. The molecule has 26 heavy (non-hydrogen) atoms. The Morgan fingerprint density at radius 3 is 2.85 bits per heavy atom. The Balaban J connectivity index is 1.59. The van der Waals surface area contributed by atoms with Crippen molar-refractivity contribution < 1.29 is 9.52 Å². The topological polar surface area (TPSA) is 85.6 Å². The summed E-state index contributed by atoms with van der Waals surface area (Å²) in [7, 11) is 0. The van der Waals surface area contributed by atoms with Gasteiger partial charge in [-0.15, -0.1) is 0 Å². The molecule has 0 spiro atoms. The minimum atomic E-state index is -1.14. The van der Waals surface area contributed by atoms with Gasteiger partial charge in [-0.05, 0) is 44.0 Å². The number of furan rings is 1. The van der Waals surface area contributed by atoms with Crippen LogP contribution in [0.15, 0.2) is 58.3 Å². The Morgan fingerprint density at radius 2 is 2.08 bits per heavy atom. The van der Waals surface area contributed by atoms with E-state index in [1.165, 1.54) is 10.9 Å². The van der Waals surface area contributed by atoms with Gasteiger partial charge in [0.15, 0.2) is 5.96 Å². The molecule has 2 heterocycles. The van der Waals surface area contributed by atoms with Gasteiger partial charge >= 0.3 is 0 Å². The molecule has 1 unspecified atom stereocenters. The number of guanidine groups is 1. The lowest BCUT2D eigenvalue weighted by molar-refractivity contribution is 0.0437. The van der Waals surface area contributed by atoms with Crippen molar-refractivity contribution in [3.8, 4) is 0 Å². The largest absolute Gasteiger partial charge is 0.466 e. The third-order valence-corrected chi connectivity index (χ3v) is 4.30. The third-order valence-electron chi connectivity index (χ3n) is 4.30. The molecule has 0 aliphatic rings. The summed E-state index contributed by atoms with van der Waals surface area (Å²) in [5.41, 5.74) is 1.28. The fourth-order valence-electron chi connectivity index (χ4n) is 2.89. The van der Waals surface area contributed by atoms with Crippen molar-refractivity contribution in [2.45, 2.75) is 25.9 Å². The zero-order valence-electron chi connectivity index (χ0n) is 15.2. The Hall–Kier alpha value is -2.73. The van der Waals surface area contributed by atoms with Gasteiger partial charge in [0.25, 0.3) is 0 Å². The molecule has 1 atom stereocenters. The van der Waals surface area contributed by atoms with Crippen LogP contribution in [0.2, 0.25) is 0 Å². The number of aliphatic hydroxyl groups is 1. The van der Waals surface area contributed by atoms with Crippen molar-refractivity contribution in [3.05, 3.63) is 60.2 Å². The minimum Gasteiger partial charge on any atom is -0.466 e. The van der Waals surface area contributed by atoms with Gasteiger partial charge in [-0.25, -0.2) is 4.99 Å². The van der Waals surface area contributed by atoms with Crippen LogP contribution in [0.1, 0.15) is 25.2 Å². The fourth-order valence-corrected chi connectivity index (χ4v) is 2.89. The maximum absolute atomic E-state index is 10.5. The summed E-state index contributed by atoms with van der Waals surface area (Å²) in [5.74, 6) is 1.19. The molecule has 2 aromatic heterocycles. The molecule has 138 valence electrons. The lowest BCUT2D eigenvalue weighted by Crippen LogP contribution is -2.39. The van der Waals surface area contributed by atoms with Gasteiger partial charge in [-0.1, -0.05) is 18.2 Å². The van der Waals surface area contributed by atoms with Gasteiger partial charge in [0, 0.05) is 30.2 Å². The molecule has 0 radical (unpaired) electrons. The van der Waals surface area contributed by atoms with E-state index >= 15 is 0 Å². The molecule has 6 nitrogen and oxygen atoms in total. The molecule has 0 aliphatic heterocycles. The average molecular weight is 354 g/mol. The molecular weight excluding hydrogens is 328 g/mol. The molecule has 4 N–H and O–H groups in total. The second-order valence-corrected chi connectivity index (χ2v) is 6.48. The quantitative estimate of drug-likeness (QED) is 0.388. The highest BCUT2D eigenvalue weighted by atomic mass is 16.4. The smallest absolute Gasteiger partial charge is 0.191 e. The number of aliphatic imine (C=N–C) groups is 1. The van der Waals surface area contributed by atoms with Crippen molar-refractivity contribution in [2.24, 2.45) is 4.99 Å². The standard InChI is InChI=1S/C20H26N4O2/c1-3-21-19(24-14-20(2,25)18-9-6-12-26-18)22-11-10-15-13-23-17-8-5-4-7-16(15)17/h4-9,12-13,23,25H,3,10-11,14H2,1-2H3,(H2,21,22,24). The average Bonchev–Trinajstić information content (AvgIpc) is 3.30. The Bertz CT molecular complexity index is 850. The fraction of sp³-hybridized carbons (Fsp3) is 0.350. The highest BCUT2D eigenvalue weighted by Gasteiger charge is 2.26. The van der Waals surface area contributed by atoms with Crippen LogP contribution in [0.25, 0.3) is 10.9 Å². The summed E-state index contributed by atoms with van der Waals surface area (Å²) in [5, 5.41) is 18.3. The van der Waals surface area contributed by atoms with Crippen LogP contribution >= 0.6 is 0 Å². The first kappa shape index (κ1) is 18.1. The number of hydrogen-bond acceptors (Lipinski definition) is 3. The summed E-state index contributed by atoms with van der Waals surface area (Å²) in [6.07, 6.45) is 4.49. The molecule has 0 amide bonds. The number of benzene rings is 1. The molecule has 3 rings (SSSR count). The van der Waals surface area contributed by atoms with Crippen LogP contribution in [0.3, 0.4) is 0 Å². The van der Waals surface area contributed by atoms with E-state index < -0.39 is 5.60 Å². The summed E-state index contributed by atoms with van der Waals surface area (Å²) in [4.78, 5) is 7.79.